The number of hydrogen-bond acceptors (Lipinski definition) is 4. The second kappa shape index (κ2) is 9.85. The fraction of sp³-hybridized carbons (Fsp3) is 0.619. The van der Waals surface area contributed by atoms with Crippen LogP contribution in [0.15, 0.2) is 30.3 Å². The van der Waals surface area contributed by atoms with Crippen LogP contribution in [0.2, 0.25) is 0 Å². The molecule has 27 heavy (non-hydrogen) atoms. The predicted molar refractivity (Wildman–Crippen MR) is 106 cm³/mol. The van der Waals surface area contributed by atoms with Crippen LogP contribution in [-0.2, 0) is 16.1 Å². The van der Waals surface area contributed by atoms with Gasteiger partial charge in [-0.15, -0.1) is 0 Å². The van der Waals surface area contributed by atoms with E-state index >= 15 is 0 Å². The van der Waals surface area contributed by atoms with Crippen LogP contribution in [0, 0.1) is 0 Å². The SMILES string of the molecule is CNC(=O)[C@@H]1CN(Cc2ccccc2)CCN1CC(=O)NC1CCCCC1. The Morgan fingerprint density at radius 3 is 2.52 bits per heavy atom. The van der Waals surface area contributed by atoms with Gasteiger partial charge in [0.15, 0.2) is 0 Å². The van der Waals surface area contributed by atoms with Crippen LogP contribution in [0.25, 0.3) is 0 Å². The van der Waals surface area contributed by atoms with E-state index in [1.807, 2.05) is 23.1 Å². The lowest BCUT2D eigenvalue weighted by Crippen LogP contribution is -2.60. The van der Waals surface area contributed by atoms with Crippen LogP contribution in [0.4, 0.5) is 0 Å². The lowest BCUT2D eigenvalue weighted by Gasteiger charge is -2.40. The van der Waals surface area contributed by atoms with Gasteiger partial charge in [-0.3, -0.25) is 19.4 Å². The van der Waals surface area contributed by atoms with Crippen LogP contribution in [0.5, 0.6) is 0 Å². The number of nitrogens with one attached hydrogen (secondary N) is 2. The minimum absolute atomic E-state index is 0.0155. The topological polar surface area (TPSA) is 64.7 Å². The summed E-state index contributed by atoms with van der Waals surface area (Å²) in [6, 6.07) is 10.3. The van der Waals surface area contributed by atoms with E-state index < -0.39 is 0 Å². The van der Waals surface area contributed by atoms with Crippen molar-refractivity contribution in [3.63, 3.8) is 0 Å². The van der Waals surface area contributed by atoms with E-state index in [2.05, 4.69) is 27.7 Å². The summed E-state index contributed by atoms with van der Waals surface area (Å²) in [5, 5.41) is 5.93. The van der Waals surface area contributed by atoms with E-state index in [0.717, 1.165) is 32.5 Å². The lowest BCUT2D eigenvalue weighted by molar-refractivity contribution is -0.131. The molecule has 1 aliphatic carbocycles. The summed E-state index contributed by atoms with van der Waals surface area (Å²) < 4.78 is 0. The molecule has 0 unspecified atom stereocenters. The van der Waals surface area contributed by atoms with E-state index in [4.69, 9.17) is 0 Å². The van der Waals surface area contributed by atoms with Gasteiger partial charge in [0.25, 0.3) is 0 Å². The first-order chi connectivity index (χ1) is 13.2. The Morgan fingerprint density at radius 2 is 1.81 bits per heavy atom. The summed E-state index contributed by atoms with van der Waals surface area (Å²) in [6.07, 6.45) is 5.83. The Labute approximate surface area is 162 Å². The third-order valence-electron chi connectivity index (χ3n) is 5.69. The van der Waals surface area contributed by atoms with E-state index in [1.54, 1.807) is 7.05 Å². The molecule has 1 aliphatic heterocycles. The van der Waals surface area contributed by atoms with Gasteiger partial charge in [-0.05, 0) is 18.4 Å². The van der Waals surface area contributed by atoms with Crippen LogP contribution in [0.1, 0.15) is 37.7 Å². The molecular weight excluding hydrogens is 340 g/mol. The van der Waals surface area contributed by atoms with Crippen molar-refractivity contribution in [1.82, 2.24) is 20.4 Å². The Kier molecular flexibility index (Phi) is 7.24. The first-order valence-electron chi connectivity index (χ1n) is 10.2. The molecule has 0 bridgehead atoms. The molecule has 1 aromatic rings. The van der Waals surface area contributed by atoms with Gasteiger partial charge in [-0.25, -0.2) is 0 Å². The maximum atomic E-state index is 12.5. The average Bonchev–Trinajstić information content (AvgIpc) is 2.70. The summed E-state index contributed by atoms with van der Waals surface area (Å²) in [5.74, 6) is 0.0329. The number of piperazine rings is 1. The summed E-state index contributed by atoms with van der Waals surface area (Å²) in [7, 11) is 1.67. The first-order valence-corrected chi connectivity index (χ1v) is 10.2. The minimum atomic E-state index is -0.287. The molecule has 0 spiro atoms. The highest BCUT2D eigenvalue weighted by Gasteiger charge is 2.33. The van der Waals surface area contributed by atoms with Gasteiger partial charge < -0.3 is 10.6 Å². The fourth-order valence-corrected chi connectivity index (χ4v) is 4.17. The quantitative estimate of drug-likeness (QED) is 0.792. The third kappa shape index (κ3) is 5.78. The van der Waals surface area contributed by atoms with Crippen LogP contribution in [-0.4, -0.2) is 66.9 Å². The van der Waals surface area contributed by atoms with Gasteiger partial charge in [0.1, 0.15) is 6.04 Å². The zero-order chi connectivity index (χ0) is 19.1. The van der Waals surface area contributed by atoms with Crippen molar-refractivity contribution in [3.05, 3.63) is 35.9 Å². The van der Waals surface area contributed by atoms with Crippen LogP contribution >= 0.6 is 0 Å². The first kappa shape index (κ1) is 19.8. The summed E-state index contributed by atoms with van der Waals surface area (Å²) in [5.41, 5.74) is 1.25. The highest BCUT2D eigenvalue weighted by molar-refractivity contribution is 5.84. The molecule has 1 aromatic carbocycles. The second-order valence-corrected chi connectivity index (χ2v) is 7.72. The maximum absolute atomic E-state index is 12.5. The molecule has 1 atom stereocenters. The molecule has 3 rings (SSSR count). The smallest absolute Gasteiger partial charge is 0.238 e. The minimum Gasteiger partial charge on any atom is -0.358 e. The van der Waals surface area contributed by atoms with Crippen molar-refractivity contribution in [3.8, 4) is 0 Å². The molecule has 6 heteroatoms. The zero-order valence-electron chi connectivity index (χ0n) is 16.3. The molecular formula is C21H32N4O2. The molecule has 1 heterocycles. The van der Waals surface area contributed by atoms with Crippen LogP contribution in [0.3, 0.4) is 0 Å². The molecule has 0 radical (unpaired) electrons. The number of benzene rings is 1. The molecule has 148 valence electrons. The summed E-state index contributed by atoms with van der Waals surface area (Å²) in [4.78, 5) is 29.3. The number of hydrogen-bond donors (Lipinski definition) is 2. The molecule has 6 nitrogen and oxygen atoms in total. The van der Waals surface area contributed by atoms with Crippen molar-refractivity contribution >= 4 is 11.8 Å². The molecule has 2 aliphatic rings. The van der Waals surface area contributed by atoms with E-state index in [9.17, 15) is 9.59 Å². The van der Waals surface area contributed by atoms with E-state index in [1.165, 1.54) is 24.8 Å². The monoisotopic (exact) mass is 372 g/mol. The second-order valence-electron chi connectivity index (χ2n) is 7.72. The number of rotatable bonds is 6. The molecule has 2 amide bonds. The largest absolute Gasteiger partial charge is 0.358 e. The Morgan fingerprint density at radius 1 is 1.07 bits per heavy atom. The van der Waals surface area contributed by atoms with Gasteiger partial charge in [0, 0.05) is 39.3 Å². The highest BCUT2D eigenvalue weighted by atomic mass is 16.2. The molecule has 2 fully saturated rings. The zero-order valence-corrected chi connectivity index (χ0v) is 16.3. The predicted octanol–water partition coefficient (Wildman–Crippen LogP) is 1.37. The van der Waals surface area contributed by atoms with Gasteiger partial charge in [0.05, 0.1) is 6.54 Å². The average molecular weight is 373 g/mol. The maximum Gasteiger partial charge on any atom is 0.238 e. The van der Waals surface area contributed by atoms with Gasteiger partial charge in [0.2, 0.25) is 11.8 Å². The van der Waals surface area contributed by atoms with Gasteiger partial charge >= 0.3 is 0 Å². The van der Waals surface area contributed by atoms with Crippen LogP contribution < -0.4 is 10.6 Å². The normalized spacial score (nSPS) is 22.3. The lowest BCUT2D eigenvalue weighted by atomic mass is 9.95. The number of nitrogens with zero attached hydrogens (tertiary/aromatic N) is 2. The van der Waals surface area contributed by atoms with Crippen molar-refractivity contribution in [2.75, 3.05) is 33.2 Å². The fourth-order valence-electron chi connectivity index (χ4n) is 4.17. The highest BCUT2D eigenvalue weighted by Crippen LogP contribution is 2.18. The van der Waals surface area contributed by atoms with E-state index in [-0.39, 0.29) is 17.9 Å². The Balaban J connectivity index is 1.56. The number of amides is 2. The van der Waals surface area contributed by atoms with Crippen molar-refractivity contribution in [2.45, 2.75) is 50.7 Å². The molecule has 1 saturated carbocycles. The van der Waals surface area contributed by atoms with Gasteiger partial charge in [-0.1, -0.05) is 49.6 Å². The molecule has 2 N–H and O–H groups in total. The molecule has 0 aromatic heterocycles. The van der Waals surface area contributed by atoms with E-state index in [0.29, 0.717) is 19.1 Å². The Hall–Kier alpha value is -1.92. The van der Waals surface area contributed by atoms with Crippen molar-refractivity contribution in [1.29, 1.82) is 0 Å². The Bertz CT molecular complexity index is 616. The standard InChI is InChI=1S/C21H32N4O2/c1-22-21(27)19-15-24(14-17-8-4-2-5-9-17)12-13-25(19)16-20(26)23-18-10-6-3-7-11-18/h2,4-5,8-9,18-19H,3,6-7,10-16H2,1H3,(H,22,27)(H,23,26)/t19-/m0/s1. The van der Waals surface area contributed by atoms with Crippen molar-refractivity contribution in [2.24, 2.45) is 0 Å². The third-order valence-corrected chi connectivity index (χ3v) is 5.69. The van der Waals surface area contributed by atoms with Crippen molar-refractivity contribution < 1.29 is 9.59 Å². The summed E-state index contributed by atoms with van der Waals surface area (Å²) in [6.45, 7) is 3.36. The number of likely N-dealkylation sites (N-methyl/N-ethyl adjacent to an activating group) is 1. The summed E-state index contributed by atoms with van der Waals surface area (Å²) >= 11 is 0. The molecule has 1 saturated heterocycles. The number of carbonyl (C=O) groups is 2. The van der Waals surface area contributed by atoms with Gasteiger partial charge in [-0.2, -0.15) is 0 Å². The number of carbonyl (C=O) groups excluding carboxylic acids is 2.